The van der Waals surface area contributed by atoms with Crippen LogP contribution in [0, 0.1) is 5.82 Å². The number of nitrogens with zero attached hydrogens (tertiary/aromatic N) is 1. The molecular formula is C18H19FN2O3. The highest BCUT2D eigenvalue weighted by Gasteiger charge is 2.11. The van der Waals surface area contributed by atoms with Gasteiger partial charge in [0.15, 0.2) is 0 Å². The molecule has 2 rings (SSSR count). The highest BCUT2D eigenvalue weighted by atomic mass is 19.1. The Bertz CT molecular complexity index is 699. The van der Waals surface area contributed by atoms with Crippen LogP contribution in [0.1, 0.15) is 22.3 Å². The van der Waals surface area contributed by atoms with Crippen molar-refractivity contribution in [2.75, 3.05) is 19.5 Å². The number of hydrogen-bond acceptors (Lipinski definition) is 3. The van der Waals surface area contributed by atoms with Crippen LogP contribution in [0.2, 0.25) is 0 Å². The molecule has 2 amide bonds. The lowest BCUT2D eigenvalue weighted by Crippen LogP contribution is -2.25. The van der Waals surface area contributed by atoms with Gasteiger partial charge < -0.3 is 5.32 Å². The number of carbonyl (C=O) groups excluding carboxylic acids is 2. The van der Waals surface area contributed by atoms with Crippen LogP contribution in [0.3, 0.4) is 0 Å². The van der Waals surface area contributed by atoms with E-state index >= 15 is 0 Å². The Morgan fingerprint density at radius 1 is 1.08 bits per heavy atom. The summed E-state index contributed by atoms with van der Waals surface area (Å²) in [4.78, 5) is 28.7. The number of carbonyl (C=O) groups is 2. The van der Waals surface area contributed by atoms with Crippen molar-refractivity contribution < 1.29 is 18.8 Å². The molecule has 0 heterocycles. The van der Waals surface area contributed by atoms with Gasteiger partial charge in [-0.1, -0.05) is 12.1 Å². The first-order chi connectivity index (χ1) is 11.5. The lowest BCUT2D eigenvalue weighted by molar-refractivity contribution is -0.116. The van der Waals surface area contributed by atoms with Gasteiger partial charge in [0.25, 0.3) is 5.91 Å². The standard InChI is InChI=1S/C18H19FN2O3/c1-21(24-2)18(23)14-6-10-16(11-7-14)20-17(22)12-5-13-3-8-15(19)9-4-13/h3-4,6-11H,5,12H2,1-2H3,(H,20,22). The molecule has 2 aromatic rings. The molecule has 5 nitrogen and oxygen atoms in total. The van der Waals surface area contributed by atoms with E-state index in [0.29, 0.717) is 24.1 Å². The van der Waals surface area contributed by atoms with Gasteiger partial charge in [0.1, 0.15) is 5.82 Å². The molecule has 0 unspecified atom stereocenters. The van der Waals surface area contributed by atoms with E-state index in [9.17, 15) is 14.0 Å². The van der Waals surface area contributed by atoms with Crippen LogP contribution in [0.25, 0.3) is 0 Å². The summed E-state index contributed by atoms with van der Waals surface area (Å²) in [6.07, 6.45) is 0.819. The first kappa shape index (κ1) is 17.6. The molecule has 0 aliphatic rings. The highest BCUT2D eigenvalue weighted by molar-refractivity contribution is 5.95. The first-order valence-electron chi connectivity index (χ1n) is 7.46. The predicted octanol–water partition coefficient (Wildman–Crippen LogP) is 3.03. The van der Waals surface area contributed by atoms with Crippen LogP contribution in [0.5, 0.6) is 0 Å². The summed E-state index contributed by atoms with van der Waals surface area (Å²) < 4.78 is 12.8. The zero-order valence-electron chi connectivity index (χ0n) is 13.6. The molecule has 0 bridgehead atoms. The maximum atomic E-state index is 12.8. The SMILES string of the molecule is CON(C)C(=O)c1ccc(NC(=O)CCc2ccc(F)cc2)cc1. The molecule has 0 fully saturated rings. The summed E-state index contributed by atoms with van der Waals surface area (Å²) >= 11 is 0. The maximum Gasteiger partial charge on any atom is 0.277 e. The molecule has 0 saturated carbocycles. The monoisotopic (exact) mass is 330 g/mol. The second-order valence-electron chi connectivity index (χ2n) is 5.24. The Kier molecular flexibility index (Phi) is 6.03. The number of aryl methyl sites for hydroxylation is 1. The van der Waals surface area contributed by atoms with Crippen molar-refractivity contribution in [2.45, 2.75) is 12.8 Å². The fraction of sp³-hybridized carbons (Fsp3) is 0.222. The summed E-state index contributed by atoms with van der Waals surface area (Å²) in [7, 11) is 2.93. The molecule has 1 N–H and O–H groups in total. The summed E-state index contributed by atoms with van der Waals surface area (Å²) in [5.41, 5.74) is 1.97. The molecule has 0 aliphatic carbocycles. The van der Waals surface area contributed by atoms with Crippen LogP contribution < -0.4 is 5.32 Å². The number of rotatable bonds is 6. The zero-order valence-corrected chi connectivity index (χ0v) is 13.6. The minimum Gasteiger partial charge on any atom is -0.326 e. The first-order valence-corrected chi connectivity index (χ1v) is 7.46. The molecular weight excluding hydrogens is 311 g/mol. The maximum absolute atomic E-state index is 12.8. The van der Waals surface area contributed by atoms with Crippen molar-refractivity contribution in [1.29, 1.82) is 0 Å². The normalized spacial score (nSPS) is 10.3. The lowest BCUT2D eigenvalue weighted by Gasteiger charge is -2.13. The van der Waals surface area contributed by atoms with E-state index in [2.05, 4.69) is 5.32 Å². The molecule has 24 heavy (non-hydrogen) atoms. The number of halogens is 1. The van der Waals surface area contributed by atoms with Gasteiger partial charge in [-0.2, -0.15) is 0 Å². The van der Waals surface area contributed by atoms with Crippen molar-refractivity contribution in [3.05, 3.63) is 65.5 Å². The van der Waals surface area contributed by atoms with Gasteiger partial charge in [0.2, 0.25) is 5.91 Å². The molecule has 0 atom stereocenters. The average molecular weight is 330 g/mol. The minimum atomic E-state index is -0.294. The molecule has 0 radical (unpaired) electrons. The quantitative estimate of drug-likeness (QED) is 0.828. The van der Waals surface area contributed by atoms with E-state index in [1.807, 2.05) is 0 Å². The summed E-state index contributed by atoms with van der Waals surface area (Å²) in [5, 5.41) is 3.89. The number of amides is 2. The number of hydrogen-bond donors (Lipinski definition) is 1. The van der Waals surface area contributed by atoms with Crippen molar-refractivity contribution in [1.82, 2.24) is 5.06 Å². The fourth-order valence-electron chi connectivity index (χ4n) is 2.09. The third-order valence-electron chi connectivity index (χ3n) is 3.53. The Hall–Kier alpha value is -2.73. The van der Waals surface area contributed by atoms with Gasteiger partial charge in [-0.3, -0.25) is 14.4 Å². The molecule has 0 aromatic heterocycles. The molecule has 6 heteroatoms. The second-order valence-corrected chi connectivity index (χ2v) is 5.24. The van der Waals surface area contributed by atoms with Crippen molar-refractivity contribution >= 4 is 17.5 Å². The third kappa shape index (κ3) is 4.89. The lowest BCUT2D eigenvalue weighted by atomic mass is 10.1. The molecule has 0 aliphatic heterocycles. The van der Waals surface area contributed by atoms with Gasteiger partial charge in [0, 0.05) is 24.7 Å². The number of anilines is 1. The number of benzene rings is 2. The van der Waals surface area contributed by atoms with Crippen molar-refractivity contribution in [3.63, 3.8) is 0 Å². The van der Waals surface area contributed by atoms with E-state index in [4.69, 9.17) is 4.84 Å². The Morgan fingerprint density at radius 3 is 2.29 bits per heavy atom. The Labute approximate surface area is 140 Å². The number of nitrogens with one attached hydrogen (secondary N) is 1. The predicted molar refractivity (Wildman–Crippen MR) is 88.9 cm³/mol. The molecule has 126 valence electrons. The molecule has 0 spiro atoms. The smallest absolute Gasteiger partial charge is 0.277 e. The Morgan fingerprint density at radius 2 is 1.71 bits per heavy atom. The van der Waals surface area contributed by atoms with E-state index < -0.39 is 0 Å². The minimum absolute atomic E-state index is 0.146. The van der Waals surface area contributed by atoms with Gasteiger partial charge in [-0.05, 0) is 48.4 Å². The zero-order chi connectivity index (χ0) is 17.5. The summed E-state index contributed by atoms with van der Waals surface area (Å²) in [6.45, 7) is 0. The van der Waals surface area contributed by atoms with Gasteiger partial charge >= 0.3 is 0 Å². The largest absolute Gasteiger partial charge is 0.326 e. The third-order valence-corrected chi connectivity index (χ3v) is 3.53. The van der Waals surface area contributed by atoms with Gasteiger partial charge in [0.05, 0.1) is 7.11 Å². The van der Waals surface area contributed by atoms with Crippen LogP contribution in [-0.4, -0.2) is 31.0 Å². The van der Waals surface area contributed by atoms with Crippen molar-refractivity contribution in [3.8, 4) is 0 Å². The van der Waals surface area contributed by atoms with Gasteiger partial charge in [-0.25, -0.2) is 9.45 Å². The van der Waals surface area contributed by atoms with E-state index in [1.54, 1.807) is 36.4 Å². The molecule has 2 aromatic carbocycles. The number of hydroxylamine groups is 2. The highest BCUT2D eigenvalue weighted by Crippen LogP contribution is 2.12. The van der Waals surface area contributed by atoms with E-state index in [-0.39, 0.29) is 17.6 Å². The van der Waals surface area contributed by atoms with E-state index in [1.165, 1.54) is 26.3 Å². The Balaban J connectivity index is 1.87. The van der Waals surface area contributed by atoms with Crippen LogP contribution in [0.15, 0.2) is 48.5 Å². The second kappa shape index (κ2) is 8.21. The van der Waals surface area contributed by atoms with Gasteiger partial charge in [-0.15, -0.1) is 0 Å². The van der Waals surface area contributed by atoms with E-state index in [0.717, 1.165) is 10.6 Å². The fourth-order valence-corrected chi connectivity index (χ4v) is 2.09. The van der Waals surface area contributed by atoms with Crippen LogP contribution in [-0.2, 0) is 16.1 Å². The summed E-state index contributed by atoms with van der Waals surface area (Å²) in [5.74, 6) is -0.712. The topological polar surface area (TPSA) is 58.6 Å². The molecule has 0 saturated heterocycles. The average Bonchev–Trinajstić information content (AvgIpc) is 2.60. The van der Waals surface area contributed by atoms with Crippen LogP contribution in [0.4, 0.5) is 10.1 Å². The summed E-state index contributed by atoms with van der Waals surface area (Å²) in [6, 6.07) is 12.6. The van der Waals surface area contributed by atoms with Crippen molar-refractivity contribution in [2.24, 2.45) is 0 Å². The van der Waals surface area contributed by atoms with Crippen LogP contribution >= 0.6 is 0 Å².